The van der Waals surface area contributed by atoms with Crippen molar-refractivity contribution in [3.8, 4) is 0 Å². The van der Waals surface area contributed by atoms with Gasteiger partial charge >= 0.3 is 0 Å². The molecule has 8 heteroatoms. The summed E-state index contributed by atoms with van der Waals surface area (Å²) in [6.07, 6.45) is 1.53. The Morgan fingerprint density at radius 1 is 1.39 bits per heavy atom. The van der Waals surface area contributed by atoms with Gasteiger partial charge in [-0.3, -0.25) is 5.10 Å². The van der Waals surface area contributed by atoms with E-state index in [2.05, 4.69) is 30.8 Å². The summed E-state index contributed by atoms with van der Waals surface area (Å²) >= 11 is 3.02. The van der Waals surface area contributed by atoms with Crippen LogP contribution in [-0.4, -0.2) is 18.6 Å². The predicted molar refractivity (Wildman–Crippen MR) is 66.7 cm³/mol. The number of hydrogen-bond acceptors (Lipinski definition) is 3. The molecule has 2 aromatic rings. The number of sulfonamides is 1. The van der Waals surface area contributed by atoms with E-state index in [9.17, 15) is 12.8 Å². The highest BCUT2D eigenvalue weighted by molar-refractivity contribution is 9.10. The van der Waals surface area contributed by atoms with Crippen molar-refractivity contribution >= 4 is 26.0 Å². The fourth-order valence-electron chi connectivity index (χ4n) is 1.33. The van der Waals surface area contributed by atoms with Gasteiger partial charge in [-0.1, -0.05) is 0 Å². The zero-order chi connectivity index (χ0) is 13.2. The molecule has 0 aliphatic heterocycles. The van der Waals surface area contributed by atoms with E-state index in [4.69, 9.17) is 0 Å². The Bertz CT molecular complexity index is 643. The molecule has 0 spiro atoms. The molecule has 0 amide bonds. The summed E-state index contributed by atoms with van der Waals surface area (Å²) in [5.41, 5.74) is 0.636. The van der Waals surface area contributed by atoms with E-state index in [0.29, 0.717) is 5.69 Å². The highest BCUT2D eigenvalue weighted by Gasteiger charge is 2.17. The molecule has 0 aliphatic rings. The minimum absolute atomic E-state index is 0.0107. The lowest BCUT2D eigenvalue weighted by Gasteiger charge is -2.07. The van der Waals surface area contributed by atoms with Gasteiger partial charge in [0.1, 0.15) is 5.82 Å². The highest BCUT2D eigenvalue weighted by Crippen LogP contribution is 2.22. The van der Waals surface area contributed by atoms with Crippen LogP contribution in [-0.2, 0) is 16.6 Å². The van der Waals surface area contributed by atoms with Crippen LogP contribution in [0.15, 0.2) is 39.8 Å². The molecule has 2 N–H and O–H groups in total. The number of aromatic nitrogens is 2. The van der Waals surface area contributed by atoms with Gasteiger partial charge in [0.05, 0.1) is 17.1 Å². The molecule has 0 saturated carbocycles. The van der Waals surface area contributed by atoms with Crippen molar-refractivity contribution in [2.45, 2.75) is 11.4 Å². The maximum absolute atomic E-state index is 12.9. The number of H-pyrrole nitrogens is 1. The predicted octanol–water partition coefficient (Wildman–Crippen LogP) is 1.79. The molecule has 1 heterocycles. The van der Waals surface area contributed by atoms with Crippen LogP contribution in [0, 0.1) is 5.82 Å². The normalized spacial score (nSPS) is 11.7. The van der Waals surface area contributed by atoms with Gasteiger partial charge in [-0.15, -0.1) is 0 Å². The second-order valence-electron chi connectivity index (χ2n) is 3.48. The Morgan fingerprint density at radius 3 is 2.78 bits per heavy atom. The Hall–Kier alpha value is -1.25. The third-order valence-corrected chi connectivity index (χ3v) is 4.57. The lowest BCUT2D eigenvalue weighted by Crippen LogP contribution is -2.23. The third-order valence-electron chi connectivity index (χ3n) is 2.19. The van der Waals surface area contributed by atoms with Crippen LogP contribution in [0.25, 0.3) is 0 Å². The zero-order valence-electron chi connectivity index (χ0n) is 9.02. The van der Waals surface area contributed by atoms with Crippen molar-refractivity contribution < 1.29 is 12.8 Å². The quantitative estimate of drug-likeness (QED) is 0.895. The summed E-state index contributed by atoms with van der Waals surface area (Å²) in [4.78, 5) is -0.0107. The Kier molecular flexibility index (Phi) is 3.79. The molecule has 5 nitrogen and oxygen atoms in total. The number of nitrogens with zero attached hydrogens (tertiary/aromatic N) is 1. The fourth-order valence-corrected chi connectivity index (χ4v) is 3.38. The number of rotatable bonds is 4. The first-order chi connectivity index (χ1) is 8.49. The van der Waals surface area contributed by atoms with Crippen molar-refractivity contribution in [3.63, 3.8) is 0 Å². The van der Waals surface area contributed by atoms with Crippen molar-refractivity contribution in [3.05, 3.63) is 46.4 Å². The maximum Gasteiger partial charge on any atom is 0.242 e. The summed E-state index contributed by atoms with van der Waals surface area (Å²) in [5.74, 6) is -0.505. The Balaban J connectivity index is 2.20. The lowest BCUT2D eigenvalue weighted by molar-refractivity contribution is 0.578. The lowest BCUT2D eigenvalue weighted by atomic mass is 10.3. The van der Waals surface area contributed by atoms with E-state index in [0.717, 1.165) is 12.1 Å². The van der Waals surface area contributed by atoms with Gasteiger partial charge in [0, 0.05) is 10.7 Å². The molecular weight excluding hydrogens is 325 g/mol. The van der Waals surface area contributed by atoms with Crippen LogP contribution < -0.4 is 4.72 Å². The minimum atomic E-state index is -3.70. The fraction of sp³-hybridized carbons (Fsp3) is 0.100. The first kappa shape index (κ1) is 13.2. The number of aromatic amines is 1. The van der Waals surface area contributed by atoms with E-state index in [1.165, 1.54) is 12.3 Å². The second kappa shape index (κ2) is 5.17. The number of hydrogen-bond donors (Lipinski definition) is 2. The van der Waals surface area contributed by atoms with E-state index in [-0.39, 0.29) is 15.9 Å². The molecule has 2 rings (SSSR count). The van der Waals surface area contributed by atoms with Crippen molar-refractivity contribution in [1.29, 1.82) is 0 Å². The van der Waals surface area contributed by atoms with E-state index in [1.807, 2.05) is 0 Å². The molecule has 0 atom stereocenters. The van der Waals surface area contributed by atoms with Gasteiger partial charge < -0.3 is 0 Å². The van der Waals surface area contributed by atoms with E-state index in [1.54, 1.807) is 6.07 Å². The van der Waals surface area contributed by atoms with Gasteiger partial charge in [-0.05, 0) is 40.2 Å². The van der Waals surface area contributed by atoms with Gasteiger partial charge in [0.2, 0.25) is 10.0 Å². The third kappa shape index (κ3) is 2.95. The molecule has 0 bridgehead atoms. The molecule has 96 valence electrons. The smallest absolute Gasteiger partial charge is 0.242 e. The number of nitrogens with one attached hydrogen (secondary N) is 2. The SMILES string of the molecule is O=S(=O)(NCc1ccn[nH]1)c1ccc(F)cc1Br. The van der Waals surface area contributed by atoms with Gasteiger partial charge in [0.25, 0.3) is 0 Å². The summed E-state index contributed by atoms with van der Waals surface area (Å²) < 4.78 is 39.4. The van der Waals surface area contributed by atoms with Crippen LogP contribution >= 0.6 is 15.9 Å². The number of halogens is 2. The number of benzene rings is 1. The van der Waals surface area contributed by atoms with Crippen LogP contribution in [0.4, 0.5) is 4.39 Å². The zero-order valence-corrected chi connectivity index (χ0v) is 11.4. The van der Waals surface area contributed by atoms with E-state index >= 15 is 0 Å². The average molecular weight is 334 g/mol. The molecule has 1 aromatic heterocycles. The van der Waals surface area contributed by atoms with Crippen molar-refractivity contribution in [2.75, 3.05) is 0 Å². The molecular formula is C10H9BrFN3O2S. The molecule has 0 unspecified atom stereocenters. The van der Waals surface area contributed by atoms with Gasteiger partial charge in [-0.2, -0.15) is 5.10 Å². The van der Waals surface area contributed by atoms with Crippen LogP contribution in [0.5, 0.6) is 0 Å². The summed E-state index contributed by atoms with van der Waals surface area (Å²) in [6.45, 7) is 0.0894. The first-order valence-electron chi connectivity index (χ1n) is 4.92. The van der Waals surface area contributed by atoms with Crippen LogP contribution in [0.1, 0.15) is 5.69 Å². The molecule has 18 heavy (non-hydrogen) atoms. The first-order valence-corrected chi connectivity index (χ1v) is 7.19. The standard InChI is InChI=1S/C10H9BrFN3O2S/c11-9-5-7(12)1-2-10(9)18(16,17)14-6-8-3-4-13-15-8/h1-5,14H,6H2,(H,13,15). The molecule has 0 saturated heterocycles. The molecule has 0 fully saturated rings. The summed E-state index contributed by atoms with van der Waals surface area (Å²) in [6, 6.07) is 5.05. The maximum atomic E-state index is 12.9. The molecule has 1 aromatic carbocycles. The second-order valence-corrected chi connectivity index (χ2v) is 6.07. The van der Waals surface area contributed by atoms with Gasteiger partial charge in [-0.25, -0.2) is 17.5 Å². The summed E-state index contributed by atoms with van der Waals surface area (Å²) in [5, 5.41) is 6.34. The van der Waals surface area contributed by atoms with Crippen molar-refractivity contribution in [2.24, 2.45) is 0 Å². The van der Waals surface area contributed by atoms with Gasteiger partial charge in [0.15, 0.2) is 0 Å². The van der Waals surface area contributed by atoms with Crippen molar-refractivity contribution in [1.82, 2.24) is 14.9 Å². The molecule has 0 aliphatic carbocycles. The topological polar surface area (TPSA) is 74.8 Å². The Labute approximate surface area is 112 Å². The largest absolute Gasteiger partial charge is 0.281 e. The molecule has 0 radical (unpaired) electrons. The minimum Gasteiger partial charge on any atom is -0.281 e. The van der Waals surface area contributed by atoms with Crippen LogP contribution in [0.3, 0.4) is 0 Å². The van der Waals surface area contributed by atoms with E-state index < -0.39 is 15.8 Å². The average Bonchev–Trinajstić information content (AvgIpc) is 2.78. The Morgan fingerprint density at radius 2 is 2.17 bits per heavy atom. The monoisotopic (exact) mass is 333 g/mol. The summed E-state index contributed by atoms with van der Waals surface area (Å²) in [7, 11) is -3.70. The highest BCUT2D eigenvalue weighted by atomic mass is 79.9. The van der Waals surface area contributed by atoms with Crippen LogP contribution in [0.2, 0.25) is 0 Å².